The number of amides is 1. The maximum atomic E-state index is 13.8. The highest BCUT2D eigenvalue weighted by Crippen LogP contribution is 2.47. The third-order valence-electron chi connectivity index (χ3n) is 5.74. The van der Waals surface area contributed by atoms with Crippen molar-refractivity contribution >= 4 is 17.2 Å². The van der Waals surface area contributed by atoms with Crippen LogP contribution < -0.4 is 10.1 Å². The second-order valence-electron chi connectivity index (χ2n) is 7.70. The van der Waals surface area contributed by atoms with Gasteiger partial charge in [-0.1, -0.05) is 36.4 Å². The minimum atomic E-state index is -0.890. The molecule has 0 radical (unpaired) electrons. The molecule has 1 amide bonds. The minimum absolute atomic E-state index is 0.237. The van der Waals surface area contributed by atoms with Crippen molar-refractivity contribution in [2.24, 2.45) is 0 Å². The Kier molecular flexibility index (Phi) is 4.39. The normalized spacial score (nSPS) is 16.1. The van der Waals surface area contributed by atoms with E-state index in [1.165, 1.54) is 6.07 Å². The van der Waals surface area contributed by atoms with Gasteiger partial charge in [-0.15, -0.1) is 0 Å². The molecule has 30 heavy (non-hydrogen) atoms. The van der Waals surface area contributed by atoms with Gasteiger partial charge in [0.1, 0.15) is 28.5 Å². The van der Waals surface area contributed by atoms with Gasteiger partial charge >= 0.3 is 0 Å². The van der Waals surface area contributed by atoms with E-state index in [-0.39, 0.29) is 5.60 Å². The summed E-state index contributed by atoms with van der Waals surface area (Å²) in [6.07, 6.45) is 5.32. The molecule has 1 saturated carbocycles. The van der Waals surface area contributed by atoms with Crippen LogP contribution in [0, 0.1) is 11.6 Å². The number of nitrogens with one attached hydrogen (secondary N) is 1. The second-order valence-corrected chi connectivity index (χ2v) is 7.70. The molecule has 3 nitrogen and oxygen atoms in total. The topological polar surface area (TPSA) is 38.3 Å². The Labute approximate surface area is 173 Å². The van der Waals surface area contributed by atoms with Crippen LogP contribution in [0.25, 0.3) is 5.57 Å². The van der Waals surface area contributed by atoms with E-state index in [1.807, 2.05) is 36.4 Å². The van der Waals surface area contributed by atoms with Crippen LogP contribution in [0.5, 0.6) is 5.75 Å². The van der Waals surface area contributed by atoms with Crippen molar-refractivity contribution in [3.63, 3.8) is 0 Å². The average Bonchev–Trinajstić information content (AvgIpc) is 2.72. The quantitative estimate of drug-likeness (QED) is 0.586. The largest absolute Gasteiger partial charge is 0.483 e. The lowest BCUT2D eigenvalue weighted by molar-refractivity contribution is 0.0377. The van der Waals surface area contributed by atoms with Crippen LogP contribution in [-0.2, 0) is 0 Å². The van der Waals surface area contributed by atoms with Crippen molar-refractivity contribution < 1.29 is 18.3 Å². The fourth-order valence-electron chi connectivity index (χ4n) is 4.02. The maximum absolute atomic E-state index is 13.8. The van der Waals surface area contributed by atoms with E-state index in [2.05, 4.69) is 11.4 Å². The zero-order valence-corrected chi connectivity index (χ0v) is 16.1. The van der Waals surface area contributed by atoms with Gasteiger partial charge in [-0.25, -0.2) is 8.78 Å². The van der Waals surface area contributed by atoms with Crippen molar-refractivity contribution in [3.8, 4) is 5.75 Å². The summed E-state index contributed by atoms with van der Waals surface area (Å²) < 4.78 is 33.9. The first kappa shape index (κ1) is 18.6. The molecule has 1 fully saturated rings. The maximum Gasteiger partial charge on any atom is 0.261 e. The van der Waals surface area contributed by atoms with Crippen LogP contribution >= 0.6 is 0 Å². The molecule has 1 aliphatic heterocycles. The fourth-order valence-corrected chi connectivity index (χ4v) is 4.02. The summed E-state index contributed by atoms with van der Waals surface area (Å²) in [6, 6.07) is 18.6. The number of fused-ring (bicyclic) bond motifs is 1. The first-order valence-electron chi connectivity index (χ1n) is 9.92. The predicted octanol–water partition coefficient (Wildman–Crippen LogP) is 5.96. The Morgan fingerprint density at radius 3 is 2.27 bits per heavy atom. The molecule has 1 aliphatic carbocycles. The molecule has 0 unspecified atom stereocenters. The number of hydrogen-bond donors (Lipinski definition) is 1. The molecule has 0 bridgehead atoms. The van der Waals surface area contributed by atoms with Gasteiger partial charge < -0.3 is 10.1 Å². The fraction of sp³-hybridized carbons (Fsp3) is 0.160. The number of halogens is 2. The lowest BCUT2D eigenvalue weighted by atomic mass is 9.75. The van der Waals surface area contributed by atoms with Gasteiger partial charge in [-0.05, 0) is 66.8 Å². The SMILES string of the molecule is O=C(Nc1ccc(C2=CC3(CCC3)Oc3ccccc32)cc1)c1c(F)cccc1F. The van der Waals surface area contributed by atoms with Gasteiger partial charge in [0.2, 0.25) is 0 Å². The van der Waals surface area contributed by atoms with E-state index in [1.54, 1.807) is 12.1 Å². The van der Waals surface area contributed by atoms with E-state index in [4.69, 9.17) is 4.74 Å². The van der Waals surface area contributed by atoms with Crippen LogP contribution in [0.15, 0.2) is 72.8 Å². The van der Waals surface area contributed by atoms with Crippen molar-refractivity contribution in [2.45, 2.75) is 24.9 Å². The molecule has 0 aromatic heterocycles. The number of carbonyl (C=O) groups is 1. The summed E-state index contributed by atoms with van der Waals surface area (Å²) in [4.78, 5) is 12.3. The molecule has 1 N–H and O–H groups in total. The molecule has 3 aromatic rings. The highest BCUT2D eigenvalue weighted by atomic mass is 19.1. The molecule has 3 aromatic carbocycles. The molecule has 2 aliphatic rings. The van der Waals surface area contributed by atoms with E-state index in [0.717, 1.165) is 53.8 Å². The molecule has 1 heterocycles. The van der Waals surface area contributed by atoms with Crippen LogP contribution in [0.3, 0.4) is 0 Å². The summed E-state index contributed by atoms with van der Waals surface area (Å²) in [6.45, 7) is 0. The van der Waals surface area contributed by atoms with Gasteiger partial charge in [0, 0.05) is 11.3 Å². The van der Waals surface area contributed by atoms with E-state index in [9.17, 15) is 13.6 Å². The summed E-state index contributed by atoms with van der Waals surface area (Å²) in [5, 5.41) is 2.56. The van der Waals surface area contributed by atoms with Crippen molar-refractivity contribution in [2.75, 3.05) is 5.32 Å². The summed E-state index contributed by atoms with van der Waals surface area (Å²) in [7, 11) is 0. The minimum Gasteiger partial charge on any atom is -0.483 e. The molecular formula is C25H19F2NO2. The van der Waals surface area contributed by atoms with E-state index < -0.39 is 23.1 Å². The Balaban J connectivity index is 1.43. The van der Waals surface area contributed by atoms with Gasteiger partial charge in [0.05, 0.1) is 0 Å². The second kappa shape index (κ2) is 7.10. The number of benzene rings is 3. The number of para-hydroxylation sites is 1. The van der Waals surface area contributed by atoms with Crippen molar-refractivity contribution in [1.82, 2.24) is 0 Å². The average molecular weight is 403 g/mol. The number of hydrogen-bond acceptors (Lipinski definition) is 2. The number of ether oxygens (including phenoxy) is 1. The molecular weight excluding hydrogens is 384 g/mol. The van der Waals surface area contributed by atoms with Crippen LogP contribution in [-0.4, -0.2) is 11.5 Å². The molecule has 5 heteroatoms. The molecule has 0 saturated heterocycles. The van der Waals surface area contributed by atoms with Gasteiger partial charge in [-0.2, -0.15) is 0 Å². The standard InChI is InChI=1S/C25H19F2NO2/c26-20-6-3-7-21(27)23(20)24(29)28-17-11-9-16(10-12-17)19-15-25(13-4-14-25)30-22-8-2-1-5-18(19)22/h1-3,5-12,15H,4,13-14H2,(H,28,29). The van der Waals surface area contributed by atoms with Gasteiger partial charge in [-0.3, -0.25) is 4.79 Å². The zero-order valence-electron chi connectivity index (χ0n) is 16.1. The lowest BCUT2D eigenvalue weighted by Crippen LogP contribution is -2.43. The number of anilines is 1. The summed E-state index contributed by atoms with van der Waals surface area (Å²) in [5.74, 6) is -1.72. The van der Waals surface area contributed by atoms with Crippen molar-refractivity contribution in [1.29, 1.82) is 0 Å². The first-order valence-corrected chi connectivity index (χ1v) is 9.92. The molecule has 150 valence electrons. The van der Waals surface area contributed by atoms with Gasteiger partial charge in [0.25, 0.3) is 5.91 Å². The molecule has 5 rings (SSSR count). The van der Waals surface area contributed by atoms with Crippen molar-refractivity contribution in [3.05, 3.63) is 101 Å². The molecule has 1 spiro atoms. The Morgan fingerprint density at radius 2 is 1.60 bits per heavy atom. The van der Waals surface area contributed by atoms with Crippen LogP contribution in [0.2, 0.25) is 0 Å². The zero-order chi connectivity index (χ0) is 20.7. The monoisotopic (exact) mass is 403 g/mol. The Hall–Kier alpha value is -3.47. The smallest absolute Gasteiger partial charge is 0.261 e. The summed E-state index contributed by atoms with van der Waals surface area (Å²) in [5.41, 5.74) is 2.75. The Bertz CT molecular complexity index is 1140. The lowest BCUT2D eigenvalue weighted by Gasteiger charge is -2.43. The highest BCUT2D eigenvalue weighted by molar-refractivity contribution is 6.04. The van der Waals surface area contributed by atoms with Gasteiger partial charge in [0.15, 0.2) is 0 Å². The third-order valence-corrected chi connectivity index (χ3v) is 5.74. The van der Waals surface area contributed by atoms with E-state index in [0.29, 0.717) is 5.69 Å². The first-order chi connectivity index (χ1) is 14.5. The number of carbonyl (C=O) groups excluding carboxylic acids is 1. The van der Waals surface area contributed by atoms with Crippen LogP contribution in [0.4, 0.5) is 14.5 Å². The number of rotatable bonds is 3. The third kappa shape index (κ3) is 3.16. The predicted molar refractivity (Wildman–Crippen MR) is 111 cm³/mol. The molecule has 0 atom stereocenters. The highest BCUT2D eigenvalue weighted by Gasteiger charge is 2.41. The van der Waals surface area contributed by atoms with E-state index >= 15 is 0 Å². The van der Waals surface area contributed by atoms with Crippen LogP contribution in [0.1, 0.15) is 40.7 Å². The summed E-state index contributed by atoms with van der Waals surface area (Å²) >= 11 is 0. The Morgan fingerprint density at radius 1 is 0.900 bits per heavy atom.